The number of halogens is 1. The Morgan fingerprint density at radius 2 is 1.62 bits per heavy atom. The minimum atomic E-state index is -0.775. The molecule has 2 aromatic carbocycles. The first-order chi connectivity index (χ1) is 14.0. The quantitative estimate of drug-likeness (QED) is 0.639. The summed E-state index contributed by atoms with van der Waals surface area (Å²) >= 11 is 0. The van der Waals surface area contributed by atoms with E-state index in [2.05, 4.69) is 5.10 Å². The van der Waals surface area contributed by atoms with Crippen LogP contribution in [0.5, 0.6) is 0 Å². The van der Waals surface area contributed by atoms with E-state index in [1.807, 2.05) is 0 Å². The zero-order valence-electron chi connectivity index (χ0n) is 16.2. The molecule has 1 heterocycles. The summed E-state index contributed by atoms with van der Waals surface area (Å²) in [5, 5.41) is 4.09. The Labute approximate surface area is 166 Å². The van der Waals surface area contributed by atoms with E-state index in [9.17, 15) is 18.8 Å². The molecule has 0 N–H and O–H groups in total. The molecule has 150 valence electrons. The lowest BCUT2D eigenvalue weighted by atomic mass is 10.2. The van der Waals surface area contributed by atoms with Crippen molar-refractivity contribution in [3.8, 4) is 5.69 Å². The van der Waals surface area contributed by atoms with Crippen molar-refractivity contribution in [1.82, 2.24) is 19.2 Å². The van der Waals surface area contributed by atoms with Gasteiger partial charge in [0.05, 0.1) is 12.2 Å². The Hall–Kier alpha value is -3.55. The standard InChI is InChI=1S/C21H21FN4O3/c1-3-24(4-2)19(27)18-20(28)25(14-15-10-12-16(22)13-11-15)21(29)26(23-18)17-8-6-5-7-9-17/h5-13H,3-4,14H2,1-2H3. The molecular weight excluding hydrogens is 375 g/mol. The molecule has 1 aromatic heterocycles. The van der Waals surface area contributed by atoms with Gasteiger partial charge in [0.1, 0.15) is 5.82 Å². The number of nitrogens with zero attached hydrogens (tertiary/aromatic N) is 4. The van der Waals surface area contributed by atoms with Crippen LogP contribution in [0.15, 0.2) is 64.2 Å². The number of benzene rings is 2. The maximum Gasteiger partial charge on any atom is 0.352 e. The lowest BCUT2D eigenvalue weighted by Gasteiger charge is -2.19. The molecule has 7 nitrogen and oxygen atoms in total. The maximum absolute atomic E-state index is 13.2. The predicted octanol–water partition coefficient (Wildman–Crippen LogP) is 2.06. The highest BCUT2D eigenvalue weighted by molar-refractivity contribution is 5.91. The summed E-state index contributed by atoms with van der Waals surface area (Å²) in [5.74, 6) is -0.965. The van der Waals surface area contributed by atoms with Gasteiger partial charge in [-0.1, -0.05) is 30.3 Å². The molecule has 0 radical (unpaired) electrons. The second kappa shape index (κ2) is 8.64. The Kier molecular flexibility index (Phi) is 6.01. The number of rotatable bonds is 6. The Balaban J connectivity index is 2.21. The number of hydrogen-bond acceptors (Lipinski definition) is 4. The lowest BCUT2D eigenvalue weighted by molar-refractivity contribution is 0.0761. The van der Waals surface area contributed by atoms with Crippen molar-refractivity contribution < 1.29 is 9.18 Å². The molecule has 3 aromatic rings. The highest BCUT2D eigenvalue weighted by Crippen LogP contribution is 2.06. The van der Waals surface area contributed by atoms with Crippen LogP contribution in [0.4, 0.5) is 4.39 Å². The van der Waals surface area contributed by atoms with Gasteiger partial charge in [-0.05, 0) is 43.7 Å². The van der Waals surface area contributed by atoms with Gasteiger partial charge in [-0.15, -0.1) is 0 Å². The van der Waals surface area contributed by atoms with Crippen LogP contribution < -0.4 is 11.2 Å². The molecule has 0 saturated carbocycles. The van der Waals surface area contributed by atoms with Crippen molar-refractivity contribution in [1.29, 1.82) is 0 Å². The lowest BCUT2D eigenvalue weighted by Crippen LogP contribution is -2.46. The van der Waals surface area contributed by atoms with Gasteiger partial charge in [0.15, 0.2) is 0 Å². The number of para-hydroxylation sites is 1. The fourth-order valence-corrected chi connectivity index (χ4v) is 2.96. The molecule has 0 aliphatic carbocycles. The second-order valence-electron chi connectivity index (χ2n) is 6.37. The number of hydrogen-bond donors (Lipinski definition) is 0. The van der Waals surface area contributed by atoms with Crippen molar-refractivity contribution in [3.05, 3.63) is 92.5 Å². The third-order valence-corrected chi connectivity index (χ3v) is 4.57. The Bertz CT molecular complexity index is 1120. The summed E-state index contributed by atoms with van der Waals surface area (Å²) in [6, 6.07) is 14.0. The molecular formula is C21H21FN4O3. The fourth-order valence-electron chi connectivity index (χ4n) is 2.96. The average molecular weight is 396 g/mol. The van der Waals surface area contributed by atoms with Gasteiger partial charge in [-0.3, -0.25) is 14.2 Å². The molecule has 8 heteroatoms. The molecule has 0 atom stereocenters. The van der Waals surface area contributed by atoms with Gasteiger partial charge >= 0.3 is 5.69 Å². The van der Waals surface area contributed by atoms with Crippen LogP contribution in [0.2, 0.25) is 0 Å². The summed E-state index contributed by atoms with van der Waals surface area (Å²) < 4.78 is 15.2. The van der Waals surface area contributed by atoms with Gasteiger partial charge in [0, 0.05) is 13.1 Å². The zero-order valence-corrected chi connectivity index (χ0v) is 16.2. The van der Waals surface area contributed by atoms with E-state index in [-0.39, 0.29) is 12.2 Å². The molecule has 3 rings (SSSR count). The molecule has 0 fully saturated rings. The molecule has 1 amide bonds. The van der Waals surface area contributed by atoms with E-state index in [4.69, 9.17) is 0 Å². The van der Waals surface area contributed by atoms with Crippen LogP contribution in [0.1, 0.15) is 29.9 Å². The van der Waals surface area contributed by atoms with E-state index in [0.717, 1.165) is 9.25 Å². The molecule has 0 aliphatic rings. The van der Waals surface area contributed by atoms with Gasteiger partial charge in [-0.25, -0.2) is 9.18 Å². The van der Waals surface area contributed by atoms with Crippen molar-refractivity contribution in [2.75, 3.05) is 13.1 Å². The molecule has 29 heavy (non-hydrogen) atoms. The van der Waals surface area contributed by atoms with Crippen molar-refractivity contribution >= 4 is 5.91 Å². The zero-order chi connectivity index (χ0) is 21.0. The molecule has 0 spiro atoms. The van der Waals surface area contributed by atoms with E-state index < -0.39 is 23.0 Å². The summed E-state index contributed by atoms with van der Waals surface area (Å²) in [7, 11) is 0. The van der Waals surface area contributed by atoms with Gasteiger partial charge in [0.25, 0.3) is 11.5 Å². The first-order valence-electron chi connectivity index (χ1n) is 9.29. The highest BCUT2D eigenvalue weighted by atomic mass is 19.1. The third kappa shape index (κ3) is 4.16. The van der Waals surface area contributed by atoms with E-state index >= 15 is 0 Å². The van der Waals surface area contributed by atoms with Crippen LogP contribution in [0.3, 0.4) is 0 Å². The monoisotopic (exact) mass is 396 g/mol. The minimum absolute atomic E-state index is 0.105. The van der Waals surface area contributed by atoms with Crippen molar-refractivity contribution in [2.24, 2.45) is 0 Å². The van der Waals surface area contributed by atoms with E-state index in [1.54, 1.807) is 44.2 Å². The second-order valence-corrected chi connectivity index (χ2v) is 6.37. The molecule has 0 unspecified atom stereocenters. The van der Waals surface area contributed by atoms with Crippen LogP contribution in [0.25, 0.3) is 5.69 Å². The summed E-state index contributed by atoms with van der Waals surface area (Å²) in [4.78, 5) is 40.3. The summed E-state index contributed by atoms with van der Waals surface area (Å²) in [6.45, 7) is 4.29. The normalized spacial score (nSPS) is 10.7. The summed E-state index contributed by atoms with van der Waals surface area (Å²) in [6.07, 6.45) is 0. The topological polar surface area (TPSA) is 77.2 Å². The van der Waals surface area contributed by atoms with Gasteiger partial charge in [0.2, 0.25) is 5.69 Å². The smallest absolute Gasteiger partial charge is 0.338 e. The number of carbonyl (C=O) groups is 1. The third-order valence-electron chi connectivity index (χ3n) is 4.57. The molecule has 0 aliphatic heterocycles. The van der Waals surface area contributed by atoms with Crippen LogP contribution in [0, 0.1) is 5.82 Å². The van der Waals surface area contributed by atoms with Gasteiger partial charge in [-0.2, -0.15) is 9.78 Å². The first kappa shape index (κ1) is 20.2. The number of amides is 1. The largest absolute Gasteiger partial charge is 0.352 e. The molecule has 0 saturated heterocycles. The first-order valence-corrected chi connectivity index (χ1v) is 9.29. The number of aromatic nitrogens is 3. The van der Waals surface area contributed by atoms with Crippen molar-refractivity contribution in [2.45, 2.75) is 20.4 Å². The Morgan fingerprint density at radius 1 is 1.00 bits per heavy atom. The van der Waals surface area contributed by atoms with Crippen molar-refractivity contribution in [3.63, 3.8) is 0 Å². The van der Waals surface area contributed by atoms with Crippen LogP contribution in [-0.4, -0.2) is 38.2 Å². The Morgan fingerprint density at radius 3 is 2.21 bits per heavy atom. The maximum atomic E-state index is 13.2. The average Bonchev–Trinajstić information content (AvgIpc) is 2.74. The van der Waals surface area contributed by atoms with Crippen LogP contribution >= 0.6 is 0 Å². The van der Waals surface area contributed by atoms with E-state index in [0.29, 0.717) is 24.3 Å². The SMILES string of the molecule is CCN(CC)C(=O)c1nn(-c2ccccc2)c(=O)n(Cc2ccc(F)cc2)c1=O. The minimum Gasteiger partial charge on any atom is -0.338 e. The van der Waals surface area contributed by atoms with E-state index in [1.165, 1.54) is 29.2 Å². The summed E-state index contributed by atoms with van der Waals surface area (Å²) in [5.41, 5.74) is -0.805. The number of carbonyl (C=O) groups excluding carboxylic acids is 1. The highest BCUT2D eigenvalue weighted by Gasteiger charge is 2.23. The molecule has 0 bridgehead atoms. The van der Waals surface area contributed by atoms with Crippen LogP contribution in [-0.2, 0) is 6.54 Å². The predicted molar refractivity (Wildman–Crippen MR) is 107 cm³/mol. The van der Waals surface area contributed by atoms with Gasteiger partial charge < -0.3 is 4.90 Å². The fraction of sp³-hybridized carbons (Fsp3) is 0.238.